The molecule has 21 heavy (non-hydrogen) atoms. The summed E-state index contributed by atoms with van der Waals surface area (Å²) in [4.78, 5) is 35.7. The topological polar surface area (TPSA) is 74.7 Å². The maximum Gasteiger partial charge on any atom is 0.328 e. The van der Waals surface area contributed by atoms with Crippen LogP contribution in [0.2, 0.25) is 0 Å². The fourth-order valence-electron chi connectivity index (χ4n) is 2.28. The maximum absolute atomic E-state index is 11.9. The summed E-state index contributed by atoms with van der Waals surface area (Å²) >= 11 is 0. The fourth-order valence-corrected chi connectivity index (χ4v) is 2.28. The summed E-state index contributed by atoms with van der Waals surface area (Å²) in [6, 6.07) is 7.16. The zero-order chi connectivity index (χ0) is 15.2. The number of rotatable bonds is 4. The zero-order valence-corrected chi connectivity index (χ0v) is 11.6. The van der Waals surface area contributed by atoms with Gasteiger partial charge in [0.25, 0.3) is 0 Å². The first kappa shape index (κ1) is 15.0. The van der Waals surface area contributed by atoms with Crippen LogP contribution in [0.15, 0.2) is 30.3 Å². The molecule has 0 aliphatic carbocycles. The molecule has 0 unspecified atom stereocenters. The minimum atomic E-state index is -1.02. The van der Waals surface area contributed by atoms with E-state index in [9.17, 15) is 14.4 Å². The summed E-state index contributed by atoms with van der Waals surface area (Å²) in [5, 5.41) is 8.62. The first-order chi connectivity index (χ1) is 10.1. The summed E-state index contributed by atoms with van der Waals surface area (Å²) in [6.07, 6.45) is 4.86. The third-order valence-corrected chi connectivity index (χ3v) is 3.34. The monoisotopic (exact) mass is 287 g/mol. The second-order valence-electron chi connectivity index (χ2n) is 5.00. The highest BCUT2D eigenvalue weighted by Crippen LogP contribution is 2.17. The molecule has 5 nitrogen and oxygen atoms in total. The third kappa shape index (κ3) is 4.27. The van der Waals surface area contributed by atoms with Gasteiger partial charge in [-0.2, -0.15) is 0 Å². The van der Waals surface area contributed by atoms with Crippen LogP contribution in [0, 0.1) is 0 Å². The van der Waals surface area contributed by atoms with Gasteiger partial charge in [-0.05, 0) is 36.1 Å². The number of carbonyl (C=O) groups excluding carboxylic acids is 2. The van der Waals surface area contributed by atoms with Crippen molar-refractivity contribution in [2.24, 2.45) is 0 Å². The number of likely N-dealkylation sites (tertiary alicyclic amines) is 1. The van der Waals surface area contributed by atoms with E-state index in [0.29, 0.717) is 12.8 Å². The molecule has 5 heteroatoms. The van der Waals surface area contributed by atoms with Gasteiger partial charge in [0.15, 0.2) is 0 Å². The summed E-state index contributed by atoms with van der Waals surface area (Å²) in [6.45, 7) is 0.242. The molecule has 1 aromatic rings. The Morgan fingerprint density at radius 1 is 1.19 bits per heavy atom. The molecule has 0 radical (unpaired) electrons. The van der Waals surface area contributed by atoms with E-state index >= 15 is 0 Å². The van der Waals surface area contributed by atoms with Crippen LogP contribution in [-0.4, -0.2) is 27.8 Å². The van der Waals surface area contributed by atoms with Crippen molar-refractivity contribution in [1.82, 2.24) is 4.90 Å². The SMILES string of the molecule is O=C(O)C=Cc1cccc(CN2C(=O)CCCCC2=O)c1. The lowest BCUT2D eigenvalue weighted by molar-refractivity contribution is -0.144. The summed E-state index contributed by atoms with van der Waals surface area (Å²) in [7, 11) is 0. The van der Waals surface area contributed by atoms with E-state index in [1.54, 1.807) is 18.2 Å². The van der Waals surface area contributed by atoms with Crippen LogP contribution < -0.4 is 0 Å². The van der Waals surface area contributed by atoms with Gasteiger partial charge < -0.3 is 5.11 Å². The van der Waals surface area contributed by atoms with Crippen molar-refractivity contribution in [3.63, 3.8) is 0 Å². The van der Waals surface area contributed by atoms with Gasteiger partial charge in [0.05, 0.1) is 6.54 Å². The van der Waals surface area contributed by atoms with Crippen molar-refractivity contribution >= 4 is 23.9 Å². The average Bonchev–Trinajstić information content (AvgIpc) is 2.61. The highest BCUT2D eigenvalue weighted by molar-refractivity contribution is 5.96. The molecule has 2 rings (SSSR count). The molecule has 0 bridgehead atoms. The zero-order valence-electron chi connectivity index (χ0n) is 11.6. The van der Waals surface area contributed by atoms with Gasteiger partial charge in [-0.25, -0.2) is 4.79 Å². The second-order valence-corrected chi connectivity index (χ2v) is 5.00. The summed E-state index contributed by atoms with van der Waals surface area (Å²) < 4.78 is 0. The fraction of sp³-hybridized carbons (Fsp3) is 0.312. The molecule has 1 aromatic carbocycles. The van der Waals surface area contributed by atoms with Gasteiger partial charge >= 0.3 is 5.97 Å². The van der Waals surface area contributed by atoms with Gasteiger partial charge in [-0.1, -0.05) is 18.2 Å². The molecular formula is C16H17NO4. The van der Waals surface area contributed by atoms with Crippen molar-refractivity contribution in [3.8, 4) is 0 Å². The lowest BCUT2D eigenvalue weighted by Crippen LogP contribution is -2.34. The third-order valence-electron chi connectivity index (χ3n) is 3.34. The molecule has 110 valence electrons. The predicted molar refractivity (Wildman–Crippen MR) is 77.1 cm³/mol. The molecule has 0 saturated carbocycles. The van der Waals surface area contributed by atoms with E-state index in [1.165, 1.54) is 11.0 Å². The van der Waals surface area contributed by atoms with E-state index in [2.05, 4.69) is 0 Å². The van der Waals surface area contributed by atoms with E-state index in [-0.39, 0.29) is 18.4 Å². The van der Waals surface area contributed by atoms with Gasteiger partial charge in [0.1, 0.15) is 0 Å². The molecule has 1 saturated heterocycles. The minimum Gasteiger partial charge on any atom is -0.478 e. The highest BCUT2D eigenvalue weighted by Gasteiger charge is 2.23. The minimum absolute atomic E-state index is 0.135. The molecule has 1 heterocycles. The van der Waals surface area contributed by atoms with Crippen molar-refractivity contribution in [3.05, 3.63) is 41.5 Å². The largest absolute Gasteiger partial charge is 0.478 e. The van der Waals surface area contributed by atoms with Crippen LogP contribution in [0.5, 0.6) is 0 Å². The molecule has 2 amide bonds. The lowest BCUT2D eigenvalue weighted by Gasteiger charge is -2.18. The number of carbonyl (C=O) groups is 3. The number of hydrogen-bond acceptors (Lipinski definition) is 3. The molecule has 1 fully saturated rings. The number of amides is 2. The van der Waals surface area contributed by atoms with Crippen LogP contribution in [-0.2, 0) is 20.9 Å². The highest BCUT2D eigenvalue weighted by atomic mass is 16.4. The van der Waals surface area contributed by atoms with Crippen LogP contribution in [0.4, 0.5) is 0 Å². The van der Waals surface area contributed by atoms with E-state index in [1.807, 2.05) is 6.07 Å². The Kier molecular flexibility index (Phi) is 4.87. The van der Waals surface area contributed by atoms with Gasteiger partial charge in [-0.3, -0.25) is 14.5 Å². The Labute approximate surface area is 122 Å². The maximum atomic E-state index is 11.9. The molecule has 0 spiro atoms. The Morgan fingerprint density at radius 3 is 2.48 bits per heavy atom. The van der Waals surface area contributed by atoms with Crippen molar-refractivity contribution < 1.29 is 19.5 Å². The molecule has 1 aliphatic rings. The van der Waals surface area contributed by atoms with Crippen molar-refractivity contribution in [2.45, 2.75) is 32.2 Å². The van der Waals surface area contributed by atoms with Crippen LogP contribution in [0.3, 0.4) is 0 Å². The quantitative estimate of drug-likeness (QED) is 0.680. The summed E-state index contributed by atoms with van der Waals surface area (Å²) in [5.41, 5.74) is 1.54. The first-order valence-electron chi connectivity index (χ1n) is 6.89. The van der Waals surface area contributed by atoms with E-state index in [0.717, 1.165) is 30.0 Å². The number of hydrogen-bond donors (Lipinski definition) is 1. The lowest BCUT2D eigenvalue weighted by atomic mass is 10.1. The average molecular weight is 287 g/mol. The Hall–Kier alpha value is -2.43. The van der Waals surface area contributed by atoms with Gasteiger partial charge in [0.2, 0.25) is 11.8 Å². The number of imide groups is 1. The second kappa shape index (κ2) is 6.83. The van der Waals surface area contributed by atoms with Crippen LogP contribution in [0.25, 0.3) is 6.08 Å². The number of benzene rings is 1. The van der Waals surface area contributed by atoms with E-state index in [4.69, 9.17) is 5.11 Å². The number of nitrogens with zero attached hydrogens (tertiary/aromatic N) is 1. The number of aliphatic carboxylic acids is 1. The summed E-state index contributed by atoms with van der Waals surface area (Å²) in [5.74, 6) is -1.29. The smallest absolute Gasteiger partial charge is 0.328 e. The van der Waals surface area contributed by atoms with Crippen molar-refractivity contribution in [1.29, 1.82) is 0 Å². The number of carboxylic acid groups (broad SMARTS) is 1. The molecule has 0 atom stereocenters. The Balaban J connectivity index is 2.14. The predicted octanol–water partition coefficient (Wildman–Crippen LogP) is 2.21. The van der Waals surface area contributed by atoms with Gasteiger partial charge in [0, 0.05) is 18.9 Å². The Bertz CT molecular complexity index is 574. The van der Waals surface area contributed by atoms with Gasteiger partial charge in [-0.15, -0.1) is 0 Å². The van der Waals surface area contributed by atoms with Crippen molar-refractivity contribution in [2.75, 3.05) is 0 Å². The first-order valence-corrected chi connectivity index (χ1v) is 6.89. The van der Waals surface area contributed by atoms with E-state index < -0.39 is 5.97 Å². The standard InChI is InChI=1S/C16H17NO4/c18-14-6-1-2-7-15(19)17(14)11-13-5-3-4-12(10-13)8-9-16(20)21/h3-5,8-10H,1-2,6-7,11H2,(H,20,21). The molecule has 1 aliphatic heterocycles. The molecule has 1 N–H and O–H groups in total. The molecular weight excluding hydrogens is 270 g/mol. The normalized spacial score (nSPS) is 16.3. The number of carboxylic acids is 1. The Morgan fingerprint density at radius 2 is 1.86 bits per heavy atom. The van der Waals surface area contributed by atoms with Crippen LogP contribution >= 0.6 is 0 Å². The van der Waals surface area contributed by atoms with Crippen LogP contribution in [0.1, 0.15) is 36.8 Å². The molecule has 0 aromatic heterocycles.